The molecule has 0 N–H and O–H groups in total. The van der Waals surface area contributed by atoms with Crippen LogP contribution < -0.4 is 0 Å². The van der Waals surface area contributed by atoms with Crippen LogP contribution in [0.5, 0.6) is 0 Å². The largest absolute Gasteiger partial charge is 0.264 e. The van der Waals surface area contributed by atoms with Crippen molar-refractivity contribution in [1.82, 2.24) is 4.98 Å². The molecule has 1 aromatic carbocycles. The Morgan fingerprint density at radius 2 is 2.00 bits per heavy atom. The van der Waals surface area contributed by atoms with Crippen molar-refractivity contribution in [3.8, 4) is 11.1 Å². The summed E-state index contributed by atoms with van der Waals surface area (Å²) in [4.78, 5) is 4.24. The lowest BCUT2D eigenvalue weighted by Gasteiger charge is -2.11. The van der Waals surface area contributed by atoms with Gasteiger partial charge in [-0.2, -0.15) is 0 Å². The maximum Gasteiger partial charge on any atom is 0.0349 e. The van der Waals surface area contributed by atoms with Gasteiger partial charge in [-0.05, 0) is 48.6 Å². The van der Waals surface area contributed by atoms with Crippen molar-refractivity contribution in [1.29, 1.82) is 0 Å². The molecule has 1 heterocycles. The summed E-state index contributed by atoms with van der Waals surface area (Å²) in [5.74, 6) is 0. The molecule has 0 bridgehead atoms. The van der Waals surface area contributed by atoms with E-state index in [1.54, 1.807) is 0 Å². The maximum absolute atomic E-state index is 4.24. The van der Waals surface area contributed by atoms with E-state index in [1.807, 2.05) is 19.3 Å². The molecule has 1 heteroatoms. The third-order valence-electron chi connectivity index (χ3n) is 3.20. The molecule has 0 amide bonds. The Morgan fingerprint density at radius 3 is 2.67 bits per heavy atom. The number of allylic oxidation sites excluding steroid dienone is 1. The Bertz CT molecular complexity index is 568. The number of hydrogen-bond acceptors (Lipinski definition) is 1. The second-order valence-electron chi connectivity index (χ2n) is 4.46. The number of hydrogen-bond donors (Lipinski definition) is 0. The van der Waals surface area contributed by atoms with E-state index in [0.29, 0.717) is 0 Å². The van der Waals surface area contributed by atoms with Gasteiger partial charge in [0.05, 0.1) is 0 Å². The summed E-state index contributed by atoms with van der Waals surface area (Å²) in [6, 6.07) is 8.70. The van der Waals surface area contributed by atoms with E-state index in [2.05, 4.69) is 55.2 Å². The predicted molar refractivity (Wildman–Crippen MR) is 78.5 cm³/mol. The van der Waals surface area contributed by atoms with Crippen molar-refractivity contribution in [2.24, 2.45) is 0 Å². The highest BCUT2D eigenvalue weighted by Gasteiger charge is 2.06. The molecular weight excluding hydrogens is 218 g/mol. The highest BCUT2D eigenvalue weighted by Crippen LogP contribution is 2.27. The molecule has 0 aliphatic rings. The molecule has 0 aliphatic heterocycles. The van der Waals surface area contributed by atoms with Crippen LogP contribution in [-0.4, -0.2) is 4.98 Å². The van der Waals surface area contributed by atoms with Gasteiger partial charge in [-0.25, -0.2) is 0 Å². The zero-order valence-corrected chi connectivity index (χ0v) is 11.3. The fourth-order valence-electron chi connectivity index (χ4n) is 2.21. The molecule has 2 rings (SSSR count). The molecule has 0 radical (unpaired) electrons. The van der Waals surface area contributed by atoms with Crippen LogP contribution in [0.3, 0.4) is 0 Å². The van der Waals surface area contributed by atoms with Crippen LogP contribution in [0.4, 0.5) is 0 Å². The van der Waals surface area contributed by atoms with Crippen LogP contribution in [0.25, 0.3) is 17.2 Å². The first-order chi connectivity index (χ1) is 8.76. The maximum atomic E-state index is 4.24. The van der Waals surface area contributed by atoms with E-state index in [9.17, 15) is 0 Å². The first kappa shape index (κ1) is 12.6. The Morgan fingerprint density at radius 1 is 1.17 bits per heavy atom. The fourth-order valence-corrected chi connectivity index (χ4v) is 2.21. The minimum absolute atomic E-state index is 1.04. The summed E-state index contributed by atoms with van der Waals surface area (Å²) in [7, 11) is 0. The minimum Gasteiger partial charge on any atom is -0.264 e. The third-order valence-corrected chi connectivity index (χ3v) is 3.20. The number of rotatable bonds is 3. The fraction of sp³-hybridized carbons (Fsp3) is 0.235. The average molecular weight is 237 g/mol. The number of aryl methyl sites for hydroxylation is 2. The van der Waals surface area contributed by atoms with Gasteiger partial charge >= 0.3 is 0 Å². The molecule has 0 atom stereocenters. The van der Waals surface area contributed by atoms with Crippen molar-refractivity contribution in [3.63, 3.8) is 0 Å². The topological polar surface area (TPSA) is 12.9 Å². The molecule has 18 heavy (non-hydrogen) atoms. The van der Waals surface area contributed by atoms with Crippen LogP contribution in [0.2, 0.25) is 0 Å². The number of benzene rings is 1. The molecule has 0 fully saturated rings. The Labute approximate surface area is 109 Å². The van der Waals surface area contributed by atoms with Gasteiger partial charge in [-0.1, -0.05) is 37.3 Å². The second kappa shape index (κ2) is 5.63. The quantitative estimate of drug-likeness (QED) is 0.757. The van der Waals surface area contributed by atoms with E-state index in [4.69, 9.17) is 0 Å². The van der Waals surface area contributed by atoms with Gasteiger partial charge in [0.25, 0.3) is 0 Å². The predicted octanol–water partition coefficient (Wildman–Crippen LogP) is 4.65. The van der Waals surface area contributed by atoms with Crippen LogP contribution in [0.1, 0.15) is 30.5 Å². The summed E-state index contributed by atoms with van der Waals surface area (Å²) in [6.07, 6.45) is 9.05. The summed E-state index contributed by atoms with van der Waals surface area (Å²) in [5, 5.41) is 0. The molecule has 0 unspecified atom stereocenters. The lowest BCUT2D eigenvalue weighted by Crippen LogP contribution is -1.92. The van der Waals surface area contributed by atoms with Gasteiger partial charge in [0.2, 0.25) is 0 Å². The van der Waals surface area contributed by atoms with E-state index >= 15 is 0 Å². The van der Waals surface area contributed by atoms with Crippen molar-refractivity contribution >= 4 is 6.08 Å². The summed E-state index contributed by atoms with van der Waals surface area (Å²) >= 11 is 0. The van der Waals surface area contributed by atoms with E-state index < -0.39 is 0 Å². The monoisotopic (exact) mass is 237 g/mol. The van der Waals surface area contributed by atoms with Gasteiger partial charge in [0.15, 0.2) is 0 Å². The zero-order chi connectivity index (χ0) is 13.0. The van der Waals surface area contributed by atoms with Crippen LogP contribution in [0.15, 0.2) is 42.7 Å². The average Bonchev–Trinajstić information content (AvgIpc) is 2.40. The third kappa shape index (κ3) is 2.51. The molecule has 0 saturated carbocycles. The highest BCUT2D eigenvalue weighted by molar-refractivity contribution is 5.71. The molecular formula is C17H19N. The normalized spacial score (nSPS) is 11.1. The minimum atomic E-state index is 1.04. The number of aromatic nitrogens is 1. The summed E-state index contributed by atoms with van der Waals surface area (Å²) in [5.41, 5.74) is 6.46. The lowest BCUT2D eigenvalue weighted by atomic mass is 9.94. The van der Waals surface area contributed by atoms with Crippen LogP contribution in [0, 0.1) is 6.92 Å². The number of nitrogens with zero attached hydrogens (tertiary/aromatic N) is 1. The Kier molecular flexibility index (Phi) is 3.93. The van der Waals surface area contributed by atoms with Crippen molar-refractivity contribution in [3.05, 3.63) is 59.4 Å². The molecule has 0 saturated heterocycles. The van der Waals surface area contributed by atoms with E-state index in [-0.39, 0.29) is 0 Å². The van der Waals surface area contributed by atoms with Gasteiger partial charge in [-0.15, -0.1) is 0 Å². The zero-order valence-electron chi connectivity index (χ0n) is 11.3. The van der Waals surface area contributed by atoms with Crippen LogP contribution in [-0.2, 0) is 6.42 Å². The van der Waals surface area contributed by atoms with E-state index in [1.165, 1.54) is 27.8 Å². The Hall–Kier alpha value is -1.89. The van der Waals surface area contributed by atoms with Crippen LogP contribution >= 0.6 is 0 Å². The van der Waals surface area contributed by atoms with Crippen molar-refractivity contribution < 1.29 is 0 Å². The van der Waals surface area contributed by atoms with Gasteiger partial charge in [0.1, 0.15) is 0 Å². The smallest absolute Gasteiger partial charge is 0.0349 e. The molecule has 1 nitrogen and oxygen atoms in total. The summed E-state index contributed by atoms with van der Waals surface area (Å²) < 4.78 is 0. The molecule has 0 spiro atoms. The highest BCUT2D eigenvalue weighted by atomic mass is 14.6. The van der Waals surface area contributed by atoms with Gasteiger partial charge < -0.3 is 0 Å². The van der Waals surface area contributed by atoms with Gasteiger partial charge in [0, 0.05) is 18.0 Å². The number of pyridine rings is 1. The molecule has 0 aliphatic carbocycles. The molecule has 2 aromatic rings. The molecule has 92 valence electrons. The standard InChI is InChI=1S/C17H19N/c1-4-6-14-7-8-16(15(5-2)11-14)17-12-18-10-9-13(17)3/h4,6-12H,5H2,1-3H3/b6-4+. The molecule has 1 aromatic heterocycles. The Balaban J connectivity index is 2.55. The van der Waals surface area contributed by atoms with Crippen molar-refractivity contribution in [2.75, 3.05) is 0 Å². The SMILES string of the molecule is C/C=C/c1ccc(-c2cnccc2C)c(CC)c1. The first-order valence-corrected chi connectivity index (χ1v) is 6.43. The summed E-state index contributed by atoms with van der Waals surface area (Å²) in [6.45, 7) is 6.38. The van der Waals surface area contributed by atoms with Gasteiger partial charge in [-0.3, -0.25) is 4.98 Å². The van der Waals surface area contributed by atoms with E-state index in [0.717, 1.165) is 6.42 Å². The first-order valence-electron chi connectivity index (χ1n) is 6.43. The van der Waals surface area contributed by atoms with Crippen molar-refractivity contribution in [2.45, 2.75) is 27.2 Å². The second-order valence-corrected chi connectivity index (χ2v) is 4.46. The lowest BCUT2D eigenvalue weighted by molar-refractivity contribution is 1.14.